The van der Waals surface area contributed by atoms with Crippen LogP contribution in [-0.2, 0) is 16.2 Å². The van der Waals surface area contributed by atoms with E-state index in [-0.39, 0.29) is 24.6 Å². The van der Waals surface area contributed by atoms with Crippen LogP contribution in [0.5, 0.6) is 0 Å². The lowest BCUT2D eigenvalue weighted by Gasteiger charge is -2.14. The van der Waals surface area contributed by atoms with Crippen molar-refractivity contribution in [1.29, 1.82) is 0 Å². The van der Waals surface area contributed by atoms with Crippen LogP contribution in [0.25, 0.3) is 0 Å². The Kier molecular flexibility index (Phi) is 5.77. The Balaban J connectivity index is 2.99. The van der Waals surface area contributed by atoms with Gasteiger partial charge in [0.2, 0.25) is 10.0 Å². The SMILES string of the molecule is Cc1ccc(S(=O)(=O)NCC(C)CCO)cc1C(F)(F)F. The first kappa shape index (κ1) is 17.9. The number of nitrogens with one attached hydrogen (secondary N) is 1. The summed E-state index contributed by atoms with van der Waals surface area (Å²) < 4.78 is 64.6. The highest BCUT2D eigenvalue weighted by molar-refractivity contribution is 7.89. The summed E-state index contributed by atoms with van der Waals surface area (Å²) in [6, 6.07) is 2.91. The summed E-state index contributed by atoms with van der Waals surface area (Å²) in [5.41, 5.74) is -0.996. The largest absolute Gasteiger partial charge is 0.416 e. The van der Waals surface area contributed by atoms with Crippen molar-refractivity contribution >= 4 is 10.0 Å². The molecule has 21 heavy (non-hydrogen) atoms. The predicted molar refractivity (Wildman–Crippen MR) is 72.2 cm³/mol. The van der Waals surface area contributed by atoms with E-state index in [0.717, 1.165) is 12.1 Å². The lowest BCUT2D eigenvalue weighted by Crippen LogP contribution is -2.29. The molecule has 0 radical (unpaired) electrons. The molecule has 1 aromatic carbocycles. The van der Waals surface area contributed by atoms with Crippen LogP contribution >= 0.6 is 0 Å². The number of halogens is 3. The lowest BCUT2D eigenvalue weighted by molar-refractivity contribution is -0.138. The molecule has 2 N–H and O–H groups in total. The van der Waals surface area contributed by atoms with Crippen LogP contribution in [0.2, 0.25) is 0 Å². The molecule has 0 aromatic heterocycles. The second-order valence-electron chi connectivity index (χ2n) is 4.94. The van der Waals surface area contributed by atoms with Gasteiger partial charge in [-0.2, -0.15) is 13.2 Å². The lowest BCUT2D eigenvalue weighted by atomic mass is 10.1. The highest BCUT2D eigenvalue weighted by Crippen LogP contribution is 2.33. The predicted octanol–water partition coefficient (Wildman–Crippen LogP) is 2.31. The van der Waals surface area contributed by atoms with Crippen molar-refractivity contribution in [3.8, 4) is 0 Å². The maximum Gasteiger partial charge on any atom is 0.416 e. The monoisotopic (exact) mass is 325 g/mol. The van der Waals surface area contributed by atoms with E-state index in [1.165, 1.54) is 6.92 Å². The fourth-order valence-electron chi connectivity index (χ4n) is 1.73. The molecule has 0 aliphatic heterocycles. The molecule has 1 unspecified atom stereocenters. The maximum absolute atomic E-state index is 12.8. The Morgan fingerprint density at radius 2 is 1.95 bits per heavy atom. The van der Waals surface area contributed by atoms with E-state index in [0.29, 0.717) is 12.5 Å². The van der Waals surface area contributed by atoms with Gasteiger partial charge in [-0.15, -0.1) is 0 Å². The van der Waals surface area contributed by atoms with Gasteiger partial charge in [-0.1, -0.05) is 13.0 Å². The van der Waals surface area contributed by atoms with Gasteiger partial charge in [0, 0.05) is 13.2 Å². The van der Waals surface area contributed by atoms with Crippen LogP contribution in [-0.4, -0.2) is 26.7 Å². The standard InChI is InChI=1S/C13H18F3NO3S/c1-9(5-6-18)8-17-21(19,20)11-4-3-10(2)12(7-11)13(14,15)16/h3-4,7,9,17-18H,5-6,8H2,1-2H3. The molecule has 0 heterocycles. The van der Waals surface area contributed by atoms with Crippen LogP contribution in [0.3, 0.4) is 0 Å². The Hall–Kier alpha value is -1.12. The van der Waals surface area contributed by atoms with Gasteiger partial charge < -0.3 is 5.11 Å². The Bertz CT molecular complexity index is 585. The summed E-state index contributed by atoms with van der Waals surface area (Å²) >= 11 is 0. The van der Waals surface area contributed by atoms with E-state index in [2.05, 4.69) is 4.72 Å². The number of aliphatic hydroxyl groups excluding tert-OH is 1. The number of benzene rings is 1. The normalized spacial score (nSPS) is 14.2. The quantitative estimate of drug-likeness (QED) is 0.843. The minimum Gasteiger partial charge on any atom is -0.396 e. The second kappa shape index (κ2) is 6.76. The number of hydrogen-bond acceptors (Lipinski definition) is 3. The topological polar surface area (TPSA) is 66.4 Å². The van der Waals surface area contributed by atoms with E-state index in [9.17, 15) is 21.6 Å². The summed E-state index contributed by atoms with van der Waals surface area (Å²) in [5.74, 6) is -0.114. The zero-order valence-corrected chi connectivity index (χ0v) is 12.6. The van der Waals surface area contributed by atoms with Gasteiger partial charge in [-0.25, -0.2) is 13.1 Å². The molecule has 1 rings (SSSR count). The summed E-state index contributed by atoms with van der Waals surface area (Å²) in [5, 5.41) is 8.74. The minimum atomic E-state index is -4.60. The van der Waals surface area contributed by atoms with Crippen LogP contribution in [0.1, 0.15) is 24.5 Å². The van der Waals surface area contributed by atoms with Gasteiger partial charge in [0.1, 0.15) is 0 Å². The van der Waals surface area contributed by atoms with Gasteiger partial charge in [0.15, 0.2) is 0 Å². The van der Waals surface area contributed by atoms with Gasteiger partial charge in [-0.3, -0.25) is 0 Å². The average molecular weight is 325 g/mol. The van der Waals surface area contributed by atoms with Crippen molar-refractivity contribution in [2.75, 3.05) is 13.2 Å². The Morgan fingerprint density at radius 1 is 1.33 bits per heavy atom. The fourth-order valence-corrected chi connectivity index (χ4v) is 2.92. The number of sulfonamides is 1. The molecule has 4 nitrogen and oxygen atoms in total. The fraction of sp³-hybridized carbons (Fsp3) is 0.538. The average Bonchev–Trinajstić information content (AvgIpc) is 2.36. The number of rotatable bonds is 6. The molecule has 1 atom stereocenters. The molecule has 0 fully saturated rings. The first-order chi connectivity index (χ1) is 9.58. The van der Waals surface area contributed by atoms with Crippen molar-refractivity contribution in [3.05, 3.63) is 29.3 Å². The number of aryl methyl sites for hydroxylation is 1. The summed E-state index contributed by atoms with van der Waals surface area (Å²) in [6.07, 6.45) is -4.19. The molecular weight excluding hydrogens is 307 g/mol. The van der Waals surface area contributed by atoms with E-state index < -0.39 is 26.7 Å². The molecule has 1 aromatic rings. The van der Waals surface area contributed by atoms with Crippen molar-refractivity contribution in [2.24, 2.45) is 5.92 Å². The van der Waals surface area contributed by atoms with Gasteiger partial charge >= 0.3 is 6.18 Å². The highest BCUT2D eigenvalue weighted by Gasteiger charge is 2.33. The third kappa shape index (κ3) is 4.98. The molecule has 0 saturated carbocycles. The van der Waals surface area contributed by atoms with Crippen LogP contribution in [0.4, 0.5) is 13.2 Å². The zero-order chi connectivity index (χ0) is 16.3. The van der Waals surface area contributed by atoms with E-state index >= 15 is 0 Å². The maximum atomic E-state index is 12.8. The van der Waals surface area contributed by atoms with E-state index in [1.54, 1.807) is 6.92 Å². The Labute approximate surface area is 122 Å². The Morgan fingerprint density at radius 3 is 2.48 bits per heavy atom. The third-order valence-corrected chi connectivity index (χ3v) is 4.49. The van der Waals surface area contributed by atoms with Gasteiger partial charge in [-0.05, 0) is 37.0 Å². The molecule has 0 aliphatic carbocycles. The van der Waals surface area contributed by atoms with Gasteiger partial charge in [0.25, 0.3) is 0 Å². The zero-order valence-electron chi connectivity index (χ0n) is 11.7. The number of alkyl halides is 3. The summed E-state index contributed by atoms with van der Waals surface area (Å²) in [6.45, 7) is 2.98. The second-order valence-corrected chi connectivity index (χ2v) is 6.71. The van der Waals surface area contributed by atoms with Crippen molar-refractivity contribution in [2.45, 2.75) is 31.3 Å². The molecule has 0 spiro atoms. The van der Waals surface area contributed by atoms with Crippen molar-refractivity contribution in [3.63, 3.8) is 0 Å². The molecule has 120 valence electrons. The van der Waals surface area contributed by atoms with Crippen LogP contribution in [0, 0.1) is 12.8 Å². The number of hydrogen-bond donors (Lipinski definition) is 2. The molecule has 8 heteroatoms. The number of aliphatic hydroxyl groups is 1. The summed E-state index contributed by atoms with van der Waals surface area (Å²) in [7, 11) is -4.00. The van der Waals surface area contributed by atoms with Crippen LogP contribution in [0.15, 0.2) is 23.1 Å². The highest BCUT2D eigenvalue weighted by atomic mass is 32.2. The third-order valence-electron chi connectivity index (χ3n) is 3.07. The molecular formula is C13H18F3NO3S. The molecule has 0 aliphatic rings. The van der Waals surface area contributed by atoms with Crippen molar-refractivity contribution < 1.29 is 26.7 Å². The van der Waals surface area contributed by atoms with Crippen molar-refractivity contribution in [1.82, 2.24) is 4.72 Å². The first-order valence-corrected chi connectivity index (χ1v) is 7.84. The first-order valence-electron chi connectivity index (χ1n) is 6.36. The minimum absolute atomic E-state index is 0.0323. The summed E-state index contributed by atoms with van der Waals surface area (Å²) in [4.78, 5) is -0.420. The van der Waals surface area contributed by atoms with E-state index in [4.69, 9.17) is 5.11 Å². The smallest absolute Gasteiger partial charge is 0.396 e. The van der Waals surface area contributed by atoms with E-state index in [1.807, 2.05) is 0 Å². The molecule has 0 amide bonds. The molecule has 0 saturated heterocycles. The molecule has 0 bridgehead atoms. The van der Waals surface area contributed by atoms with Gasteiger partial charge in [0.05, 0.1) is 10.5 Å². The van der Waals surface area contributed by atoms with Crippen LogP contribution < -0.4 is 4.72 Å².